The summed E-state index contributed by atoms with van der Waals surface area (Å²) in [5.74, 6) is -2.09. The van der Waals surface area contributed by atoms with Crippen molar-refractivity contribution in [1.29, 1.82) is 0 Å². The van der Waals surface area contributed by atoms with E-state index in [1.54, 1.807) is 91.0 Å². The number of carbonyl (C=O) groups excluding carboxylic acids is 3. The predicted molar refractivity (Wildman–Crippen MR) is 148 cm³/mol. The van der Waals surface area contributed by atoms with E-state index in [4.69, 9.17) is 31.2 Å². The highest BCUT2D eigenvalue weighted by Gasteiger charge is 2.51. The number of ether oxygens (including phenoxy) is 4. The SMILES string of the molecule is O=C(OC[C@@H]1O[C@@H](n2ccc(=S)[nH]c2=O)[C@@H](OC(=O)c2ccccc2)[C@@H]1OC(=O)c1ccccc1)c1ccccc1. The summed E-state index contributed by atoms with van der Waals surface area (Å²) in [5.41, 5.74) is 0.139. The second-order valence-corrected chi connectivity index (χ2v) is 9.46. The van der Waals surface area contributed by atoms with E-state index in [-0.39, 0.29) is 22.4 Å². The summed E-state index contributed by atoms with van der Waals surface area (Å²) in [6, 6.07) is 26.2. The van der Waals surface area contributed by atoms with E-state index < -0.39 is 48.1 Å². The van der Waals surface area contributed by atoms with Crippen LogP contribution in [0.5, 0.6) is 0 Å². The molecule has 5 rings (SSSR count). The van der Waals surface area contributed by atoms with Crippen molar-refractivity contribution >= 4 is 30.1 Å². The minimum Gasteiger partial charge on any atom is -0.459 e. The Bertz CT molecular complexity index is 1640. The van der Waals surface area contributed by atoms with Crippen molar-refractivity contribution < 1.29 is 33.3 Å². The van der Waals surface area contributed by atoms with Crippen LogP contribution >= 0.6 is 12.2 Å². The molecule has 0 unspecified atom stereocenters. The molecule has 3 aromatic carbocycles. The van der Waals surface area contributed by atoms with E-state index in [0.717, 1.165) is 4.57 Å². The molecule has 0 aliphatic carbocycles. The molecule has 1 aliphatic rings. The van der Waals surface area contributed by atoms with Gasteiger partial charge >= 0.3 is 23.6 Å². The summed E-state index contributed by atoms with van der Waals surface area (Å²) in [5, 5.41) is 0. The van der Waals surface area contributed by atoms with Gasteiger partial charge in [-0.3, -0.25) is 9.55 Å². The van der Waals surface area contributed by atoms with Crippen LogP contribution in [-0.2, 0) is 18.9 Å². The molecule has 0 spiro atoms. The van der Waals surface area contributed by atoms with Gasteiger partial charge in [0.05, 0.1) is 16.7 Å². The molecule has 4 atom stereocenters. The molecule has 0 radical (unpaired) electrons. The van der Waals surface area contributed by atoms with Crippen LogP contribution in [0, 0.1) is 4.64 Å². The van der Waals surface area contributed by atoms with Gasteiger partial charge in [-0.1, -0.05) is 66.8 Å². The molecule has 2 heterocycles. The second-order valence-electron chi connectivity index (χ2n) is 9.02. The van der Waals surface area contributed by atoms with E-state index in [1.807, 2.05) is 0 Å². The molecule has 10 nitrogen and oxygen atoms in total. The van der Waals surface area contributed by atoms with E-state index in [9.17, 15) is 19.2 Å². The Labute approximate surface area is 239 Å². The molecule has 0 amide bonds. The van der Waals surface area contributed by atoms with Gasteiger partial charge in [0, 0.05) is 6.20 Å². The van der Waals surface area contributed by atoms with E-state index in [2.05, 4.69) is 4.98 Å². The fourth-order valence-corrected chi connectivity index (χ4v) is 4.46. The number of aromatic amines is 1. The third kappa shape index (κ3) is 6.48. The molecule has 1 saturated heterocycles. The van der Waals surface area contributed by atoms with Crippen molar-refractivity contribution in [2.75, 3.05) is 6.61 Å². The topological polar surface area (TPSA) is 126 Å². The summed E-state index contributed by atoms with van der Waals surface area (Å²) < 4.78 is 24.6. The summed E-state index contributed by atoms with van der Waals surface area (Å²) in [6.45, 7) is -0.367. The lowest BCUT2D eigenvalue weighted by Gasteiger charge is -2.25. The van der Waals surface area contributed by atoms with Gasteiger partial charge in [0.25, 0.3) is 0 Å². The van der Waals surface area contributed by atoms with Crippen LogP contribution in [0.25, 0.3) is 0 Å². The lowest BCUT2D eigenvalue weighted by molar-refractivity contribution is -0.0639. The van der Waals surface area contributed by atoms with Gasteiger partial charge in [-0.2, -0.15) is 0 Å². The summed E-state index contributed by atoms with van der Waals surface area (Å²) >= 11 is 5.05. The molecule has 1 aromatic heterocycles. The van der Waals surface area contributed by atoms with Crippen molar-refractivity contribution in [1.82, 2.24) is 9.55 Å². The minimum atomic E-state index is -1.31. The maximum absolute atomic E-state index is 13.2. The average Bonchev–Trinajstić information content (AvgIpc) is 3.33. The first-order chi connectivity index (χ1) is 19.9. The van der Waals surface area contributed by atoms with E-state index >= 15 is 0 Å². The maximum atomic E-state index is 13.2. The van der Waals surface area contributed by atoms with Gasteiger partial charge in [0.2, 0.25) is 0 Å². The zero-order valence-corrected chi connectivity index (χ0v) is 22.3. The van der Waals surface area contributed by atoms with Crippen LogP contribution in [0.4, 0.5) is 0 Å². The number of H-pyrrole nitrogens is 1. The third-order valence-electron chi connectivity index (χ3n) is 6.30. The van der Waals surface area contributed by atoms with Crippen LogP contribution in [-0.4, -0.2) is 52.4 Å². The molecule has 4 aromatic rings. The minimum absolute atomic E-state index is 0.183. The lowest BCUT2D eigenvalue weighted by atomic mass is 10.1. The van der Waals surface area contributed by atoms with Crippen LogP contribution < -0.4 is 5.69 Å². The smallest absolute Gasteiger partial charge is 0.338 e. The maximum Gasteiger partial charge on any atom is 0.338 e. The second kappa shape index (κ2) is 12.5. The number of hydrogen-bond acceptors (Lipinski definition) is 9. The Hall–Kier alpha value is -4.87. The molecule has 11 heteroatoms. The standard InChI is InChI=1S/C30H24N2O8S/c33-27(19-10-4-1-5-11-19)37-18-22-24(39-28(34)20-12-6-2-7-13-20)25(40-29(35)21-14-8-3-9-15-21)26(38-22)32-17-16-23(41)31-30(32)36/h1-17,22,24-26H,18H2,(H,31,36,41)/t22-,24+,25-,26+/m0/s1. The van der Waals surface area contributed by atoms with E-state index in [1.165, 1.54) is 12.3 Å². The highest BCUT2D eigenvalue weighted by atomic mass is 32.1. The van der Waals surface area contributed by atoms with Crippen LogP contribution in [0.3, 0.4) is 0 Å². The summed E-state index contributed by atoms with van der Waals surface area (Å²) in [6.07, 6.45) is -3.55. The van der Waals surface area contributed by atoms with Crippen LogP contribution in [0.15, 0.2) is 108 Å². The first-order valence-corrected chi connectivity index (χ1v) is 13.0. The quantitative estimate of drug-likeness (QED) is 0.189. The lowest BCUT2D eigenvalue weighted by Crippen LogP contribution is -2.42. The number of benzene rings is 3. The van der Waals surface area contributed by atoms with Gasteiger partial charge in [0.15, 0.2) is 18.4 Å². The van der Waals surface area contributed by atoms with E-state index in [0.29, 0.717) is 5.56 Å². The normalized spacial score (nSPS) is 19.7. The molecule has 208 valence electrons. The van der Waals surface area contributed by atoms with Crippen molar-refractivity contribution in [3.05, 3.63) is 135 Å². The van der Waals surface area contributed by atoms with Crippen molar-refractivity contribution in [3.8, 4) is 0 Å². The van der Waals surface area contributed by atoms with Gasteiger partial charge in [-0.05, 0) is 42.5 Å². The first kappa shape index (κ1) is 27.7. The molecule has 1 aliphatic heterocycles. The molecule has 41 heavy (non-hydrogen) atoms. The Balaban J connectivity index is 1.50. The molecule has 1 fully saturated rings. The Morgan fingerprint density at radius 2 is 1.22 bits per heavy atom. The molecule has 1 N–H and O–H groups in total. The highest BCUT2D eigenvalue weighted by Crippen LogP contribution is 2.34. The van der Waals surface area contributed by atoms with Crippen LogP contribution in [0.1, 0.15) is 37.3 Å². The van der Waals surface area contributed by atoms with Crippen LogP contribution in [0.2, 0.25) is 0 Å². The number of rotatable bonds is 8. The first-order valence-electron chi connectivity index (χ1n) is 12.6. The zero-order chi connectivity index (χ0) is 28.8. The largest absolute Gasteiger partial charge is 0.459 e. The summed E-state index contributed by atoms with van der Waals surface area (Å²) in [4.78, 5) is 54.4. The van der Waals surface area contributed by atoms with Crippen molar-refractivity contribution in [3.63, 3.8) is 0 Å². The summed E-state index contributed by atoms with van der Waals surface area (Å²) in [7, 11) is 0. The highest BCUT2D eigenvalue weighted by molar-refractivity contribution is 7.71. The number of nitrogens with zero attached hydrogens (tertiary/aromatic N) is 1. The van der Waals surface area contributed by atoms with Gasteiger partial charge < -0.3 is 18.9 Å². The predicted octanol–water partition coefficient (Wildman–Crippen LogP) is 4.11. The molecule has 0 saturated carbocycles. The fourth-order valence-electron chi connectivity index (χ4n) is 4.31. The number of aromatic nitrogens is 2. The Morgan fingerprint density at radius 1 is 0.732 bits per heavy atom. The monoisotopic (exact) mass is 572 g/mol. The van der Waals surface area contributed by atoms with Crippen molar-refractivity contribution in [2.24, 2.45) is 0 Å². The van der Waals surface area contributed by atoms with Crippen molar-refractivity contribution in [2.45, 2.75) is 24.5 Å². The molecular weight excluding hydrogens is 548 g/mol. The molecular formula is C30H24N2O8S. The number of hydrogen-bond donors (Lipinski definition) is 1. The zero-order valence-electron chi connectivity index (χ0n) is 21.5. The Kier molecular flexibility index (Phi) is 8.47. The third-order valence-corrected chi connectivity index (χ3v) is 6.54. The van der Waals surface area contributed by atoms with Gasteiger partial charge in [-0.25, -0.2) is 19.2 Å². The fraction of sp³-hybridized carbons (Fsp3) is 0.167. The Morgan fingerprint density at radius 3 is 1.73 bits per heavy atom. The average molecular weight is 573 g/mol. The molecule has 0 bridgehead atoms. The number of carbonyl (C=O) groups is 3. The van der Waals surface area contributed by atoms with Gasteiger partial charge in [-0.15, -0.1) is 0 Å². The number of nitrogens with one attached hydrogen (secondary N) is 1. The number of esters is 3. The van der Waals surface area contributed by atoms with Gasteiger partial charge in [0.1, 0.15) is 17.4 Å².